The van der Waals surface area contributed by atoms with E-state index in [4.69, 9.17) is 4.74 Å². The van der Waals surface area contributed by atoms with Crippen molar-refractivity contribution in [2.75, 3.05) is 13.1 Å². The Hall–Kier alpha value is -2.55. The van der Waals surface area contributed by atoms with Gasteiger partial charge < -0.3 is 10.1 Å². The summed E-state index contributed by atoms with van der Waals surface area (Å²) in [5.41, 5.74) is 1.67. The lowest BCUT2D eigenvalue weighted by atomic mass is 10.2. The molecule has 8 heteroatoms. The van der Waals surface area contributed by atoms with E-state index in [-0.39, 0.29) is 23.0 Å². The quantitative estimate of drug-likeness (QED) is 0.732. The van der Waals surface area contributed by atoms with Gasteiger partial charge in [0, 0.05) is 38.1 Å². The van der Waals surface area contributed by atoms with E-state index in [2.05, 4.69) is 10.3 Å². The number of nitrogens with one attached hydrogen (secondary N) is 1. The van der Waals surface area contributed by atoms with Gasteiger partial charge >= 0.3 is 0 Å². The molecule has 152 valence electrons. The number of fused-ring (bicyclic) bond motifs is 2. The van der Waals surface area contributed by atoms with Crippen molar-refractivity contribution in [1.82, 2.24) is 14.6 Å². The lowest BCUT2D eigenvalue weighted by Crippen LogP contribution is -2.45. The monoisotopic (exact) mass is 413 g/mol. The first-order valence-electron chi connectivity index (χ1n) is 9.61. The largest absolute Gasteiger partial charge is 0.372 e. The number of rotatable bonds is 6. The summed E-state index contributed by atoms with van der Waals surface area (Å²) in [4.78, 5) is 16.2. The van der Waals surface area contributed by atoms with Crippen molar-refractivity contribution < 1.29 is 17.9 Å². The van der Waals surface area contributed by atoms with Crippen molar-refractivity contribution in [3.05, 3.63) is 66.0 Å². The molecule has 7 nitrogen and oxygen atoms in total. The van der Waals surface area contributed by atoms with Gasteiger partial charge in [-0.2, -0.15) is 4.31 Å². The summed E-state index contributed by atoms with van der Waals surface area (Å²) in [5.74, 6) is -0.227. The van der Waals surface area contributed by atoms with Crippen LogP contribution in [0.15, 0.2) is 59.8 Å². The van der Waals surface area contributed by atoms with Crippen LogP contribution >= 0.6 is 0 Å². The molecule has 0 spiro atoms. The maximum absolute atomic E-state index is 12.9. The van der Waals surface area contributed by atoms with Gasteiger partial charge in [-0.05, 0) is 48.2 Å². The van der Waals surface area contributed by atoms with Gasteiger partial charge in [0.1, 0.15) is 0 Å². The summed E-state index contributed by atoms with van der Waals surface area (Å²) >= 11 is 0. The molecule has 2 aliphatic heterocycles. The van der Waals surface area contributed by atoms with Crippen LogP contribution in [-0.2, 0) is 26.1 Å². The van der Waals surface area contributed by atoms with Gasteiger partial charge in [0.25, 0.3) is 0 Å². The summed E-state index contributed by atoms with van der Waals surface area (Å²) in [5, 5.41) is 2.79. The van der Waals surface area contributed by atoms with Crippen LogP contribution in [-0.4, -0.2) is 48.9 Å². The number of pyridine rings is 1. The van der Waals surface area contributed by atoms with E-state index >= 15 is 0 Å². The Morgan fingerprint density at radius 3 is 2.55 bits per heavy atom. The number of hydrogen-bond acceptors (Lipinski definition) is 5. The minimum atomic E-state index is -3.53. The Labute approximate surface area is 170 Å². The minimum Gasteiger partial charge on any atom is -0.372 e. The first-order chi connectivity index (χ1) is 14.0. The van der Waals surface area contributed by atoms with E-state index in [1.807, 2.05) is 6.07 Å². The van der Waals surface area contributed by atoms with Crippen molar-refractivity contribution in [3.8, 4) is 0 Å². The zero-order valence-corrected chi connectivity index (χ0v) is 16.7. The number of aromatic nitrogens is 1. The third kappa shape index (κ3) is 4.72. The molecular formula is C21H23N3O4S. The summed E-state index contributed by atoms with van der Waals surface area (Å²) in [6.45, 7) is 1.15. The topological polar surface area (TPSA) is 88.6 Å². The van der Waals surface area contributed by atoms with E-state index in [0.717, 1.165) is 24.0 Å². The number of hydrogen-bond donors (Lipinski definition) is 1. The molecule has 3 heterocycles. The Morgan fingerprint density at radius 1 is 1.17 bits per heavy atom. The van der Waals surface area contributed by atoms with Gasteiger partial charge in [-0.15, -0.1) is 0 Å². The first kappa shape index (κ1) is 19.8. The third-order valence-corrected chi connectivity index (χ3v) is 7.00. The minimum absolute atomic E-state index is 0.0118. The van der Waals surface area contributed by atoms with E-state index in [1.165, 1.54) is 10.4 Å². The van der Waals surface area contributed by atoms with Gasteiger partial charge in [0.15, 0.2) is 0 Å². The van der Waals surface area contributed by atoms with E-state index in [1.54, 1.807) is 48.8 Å². The van der Waals surface area contributed by atoms with Crippen LogP contribution in [0.3, 0.4) is 0 Å². The van der Waals surface area contributed by atoms with Crippen molar-refractivity contribution in [1.29, 1.82) is 0 Å². The maximum Gasteiger partial charge on any atom is 0.244 e. The highest BCUT2D eigenvalue weighted by Crippen LogP contribution is 2.29. The first-order valence-corrected chi connectivity index (χ1v) is 11.1. The van der Waals surface area contributed by atoms with Gasteiger partial charge in [-0.3, -0.25) is 9.78 Å². The lowest BCUT2D eigenvalue weighted by molar-refractivity contribution is -0.116. The Bertz CT molecular complexity index is 978. The van der Waals surface area contributed by atoms with Gasteiger partial charge in [0.2, 0.25) is 15.9 Å². The van der Waals surface area contributed by atoms with Crippen LogP contribution in [0.4, 0.5) is 0 Å². The molecule has 1 amide bonds. The summed E-state index contributed by atoms with van der Waals surface area (Å²) in [6.07, 6.45) is 8.34. The van der Waals surface area contributed by atoms with Crippen molar-refractivity contribution in [2.45, 2.75) is 36.5 Å². The Balaban J connectivity index is 1.34. The van der Waals surface area contributed by atoms with Gasteiger partial charge in [-0.1, -0.05) is 18.2 Å². The molecule has 0 aliphatic carbocycles. The van der Waals surface area contributed by atoms with Crippen LogP contribution in [0.25, 0.3) is 6.08 Å². The number of carbonyl (C=O) groups is 1. The SMILES string of the molecule is O=C(C=Cc1cccnc1)NCc1ccc(S(=O)(=O)N2CC3CCC(C2)O3)cc1. The van der Waals surface area contributed by atoms with Crippen molar-refractivity contribution in [2.24, 2.45) is 0 Å². The van der Waals surface area contributed by atoms with Crippen molar-refractivity contribution >= 4 is 22.0 Å². The second-order valence-corrected chi connectivity index (χ2v) is 9.20. The van der Waals surface area contributed by atoms with Gasteiger partial charge in [-0.25, -0.2) is 8.42 Å². The van der Waals surface area contributed by atoms with Crippen LogP contribution in [0.1, 0.15) is 24.0 Å². The number of ether oxygens (including phenoxy) is 1. The Kier molecular flexibility index (Phi) is 5.75. The molecule has 1 aromatic carbocycles. The standard InChI is InChI=1S/C21H23N3O4S/c25-21(10-5-16-2-1-11-22-12-16)23-13-17-3-8-20(9-4-17)29(26,27)24-14-18-6-7-19(15-24)28-18/h1-5,8-12,18-19H,6-7,13-15H2,(H,23,25). The lowest BCUT2D eigenvalue weighted by Gasteiger charge is -2.31. The highest BCUT2D eigenvalue weighted by molar-refractivity contribution is 7.89. The average molecular weight is 413 g/mol. The molecule has 2 bridgehead atoms. The number of morpholine rings is 1. The van der Waals surface area contributed by atoms with Crippen LogP contribution in [0.2, 0.25) is 0 Å². The van der Waals surface area contributed by atoms with E-state index < -0.39 is 10.0 Å². The maximum atomic E-state index is 12.9. The molecule has 29 heavy (non-hydrogen) atoms. The smallest absolute Gasteiger partial charge is 0.244 e. The fourth-order valence-corrected chi connectivity index (χ4v) is 5.10. The zero-order chi connectivity index (χ0) is 20.3. The third-order valence-electron chi connectivity index (χ3n) is 5.15. The molecule has 2 fully saturated rings. The van der Waals surface area contributed by atoms with Crippen LogP contribution in [0.5, 0.6) is 0 Å². The second-order valence-electron chi connectivity index (χ2n) is 7.26. The number of sulfonamides is 1. The fraction of sp³-hybridized carbons (Fsp3) is 0.333. The number of benzene rings is 1. The average Bonchev–Trinajstić information content (AvgIpc) is 3.09. The predicted octanol–water partition coefficient (Wildman–Crippen LogP) is 1.96. The number of carbonyl (C=O) groups excluding carboxylic acids is 1. The second kappa shape index (κ2) is 8.44. The summed E-state index contributed by atoms with van der Waals surface area (Å²) in [7, 11) is -3.53. The number of nitrogens with zero attached hydrogens (tertiary/aromatic N) is 2. The molecular weight excluding hydrogens is 390 g/mol. The molecule has 0 radical (unpaired) electrons. The van der Waals surface area contributed by atoms with Crippen molar-refractivity contribution in [3.63, 3.8) is 0 Å². The molecule has 2 atom stereocenters. The zero-order valence-electron chi connectivity index (χ0n) is 15.9. The Morgan fingerprint density at radius 2 is 1.90 bits per heavy atom. The summed E-state index contributed by atoms with van der Waals surface area (Å²) in [6, 6.07) is 10.3. The predicted molar refractivity (Wildman–Crippen MR) is 108 cm³/mol. The molecule has 2 aromatic rings. The van der Waals surface area contributed by atoms with Gasteiger partial charge in [0.05, 0.1) is 17.1 Å². The van der Waals surface area contributed by atoms with Crippen LogP contribution in [0, 0.1) is 0 Å². The highest BCUT2D eigenvalue weighted by Gasteiger charge is 2.39. The molecule has 1 aromatic heterocycles. The van der Waals surface area contributed by atoms with E-state index in [9.17, 15) is 13.2 Å². The summed E-state index contributed by atoms with van der Waals surface area (Å²) < 4.78 is 33.0. The molecule has 4 rings (SSSR count). The van der Waals surface area contributed by atoms with Crippen LogP contribution < -0.4 is 5.32 Å². The normalized spacial score (nSPS) is 22.1. The number of amides is 1. The fourth-order valence-electron chi connectivity index (χ4n) is 3.60. The van der Waals surface area contributed by atoms with E-state index in [0.29, 0.717) is 19.6 Å². The molecule has 1 N–H and O–H groups in total. The highest BCUT2D eigenvalue weighted by atomic mass is 32.2. The molecule has 2 saturated heterocycles. The molecule has 0 saturated carbocycles. The molecule has 2 unspecified atom stereocenters. The molecule has 2 aliphatic rings.